The van der Waals surface area contributed by atoms with Gasteiger partial charge in [0.15, 0.2) is 0 Å². The second-order valence-corrected chi connectivity index (χ2v) is 6.19. The van der Waals surface area contributed by atoms with Gasteiger partial charge < -0.3 is 14.2 Å². The van der Waals surface area contributed by atoms with Crippen molar-refractivity contribution in [1.29, 1.82) is 0 Å². The van der Waals surface area contributed by atoms with Crippen molar-refractivity contribution in [1.82, 2.24) is 0 Å². The molecule has 0 bridgehead atoms. The number of carbonyl (C=O) groups is 2. The minimum Gasteiger partial charge on any atom is -0.497 e. The highest BCUT2D eigenvalue weighted by atomic mass is 79.9. The van der Waals surface area contributed by atoms with Gasteiger partial charge in [0.25, 0.3) is 0 Å². The van der Waals surface area contributed by atoms with Gasteiger partial charge >= 0.3 is 5.97 Å². The number of Topliss-reactive ketones (excluding diaryl/α,β-unsaturated/α-hetero) is 1. The van der Waals surface area contributed by atoms with Gasteiger partial charge in [-0.1, -0.05) is 6.07 Å². The molecule has 5 nitrogen and oxygen atoms in total. The Morgan fingerprint density at radius 2 is 1.80 bits per heavy atom. The first-order chi connectivity index (χ1) is 12.0. The van der Waals surface area contributed by atoms with E-state index in [0.717, 1.165) is 10.0 Å². The van der Waals surface area contributed by atoms with Crippen molar-refractivity contribution >= 4 is 33.3 Å². The summed E-state index contributed by atoms with van der Waals surface area (Å²) in [5.74, 6) is 0.325. The number of ether oxygens (including phenoxy) is 3. The van der Waals surface area contributed by atoms with Gasteiger partial charge in [0.05, 0.1) is 18.7 Å². The highest BCUT2D eigenvalue weighted by Gasteiger charge is 2.32. The van der Waals surface area contributed by atoms with E-state index >= 15 is 0 Å². The molecular weight excluding hydrogens is 388 g/mol. The summed E-state index contributed by atoms with van der Waals surface area (Å²) in [7, 11) is 3.12. The molecule has 0 N–H and O–H groups in total. The number of ketones is 1. The molecule has 1 aliphatic rings. The van der Waals surface area contributed by atoms with Crippen LogP contribution in [0.3, 0.4) is 0 Å². The topological polar surface area (TPSA) is 61.8 Å². The number of hydrogen-bond acceptors (Lipinski definition) is 5. The van der Waals surface area contributed by atoms with Gasteiger partial charge in [-0.05, 0) is 57.9 Å². The number of methoxy groups -OCH3 is 2. The van der Waals surface area contributed by atoms with Gasteiger partial charge in [-0.2, -0.15) is 0 Å². The molecule has 2 aromatic carbocycles. The Kier molecular flexibility index (Phi) is 4.90. The maximum absolute atomic E-state index is 12.8. The van der Waals surface area contributed by atoms with Crippen LogP contribution in [0.1, 0.15) is 15.9 Å². The summed E-state index contributed by atoms with van der Waals surface area (Å²) in [5, 5.41) is 0. The van der Waals surface area contributed by atoms with E-state index in [0.29, 0.717) is 22.6 Å². The van der Waals surface area contributed by atoms with Crippen LogP contribution >= 0.6 is 15.9 Å². The zero-order valence-electron chi connectivity index (χ0n) is 13.7. The first-order valence-electron chi connectivity index (χ1n) is 7.48. The maximum Gasteiger partial charge on any atom is 0.342 e. The predicted molar refractivity (Wildman–Crippen MR) is 95.9 cm³/mol. The molecule has 0 aliphatic carbocycles. The van der Waals surface area contributed by atoms with Crippen LogP contribution in [-0.4, -0.2) is 32.6 Å². The Labute approximate surface area is 153 Å². The van der Waals surface area contributed by atoms with Crippen LogP contribution in [0.4, 0.5) is 0 Å². The Bertz CT molecular complexity index is 868. The Hall–Kier alpha value is -2.60. The first-order valence-corrected chi connectivity index (χ1v) is 8.27. The van der Waals surface area contributed by atoms with E-state index in [2.05, 4.69) is 15.9 Å². The molecule has 0 saturated heterocycles. The van der Waals surface area contributed by atoms with E-state index < -0.39 is 5.97 Å². The fraction of sp³-hybridized carbons (Fsp3) is 0.158. The van der Waals surface area contributed by atoms with Crippen molar-refractivity contribution in [3.8, 4) is 11.5 Å². The second-order valence-electron chi connectivity index (χ2n) is 5.34. The van der Waals surface area contributed by atoms with Crippen LogP contribution in [0.15, 0.2) is 52.5 Å². The van der Waals surface area contributed by atoms with Crippen LogP contribution < -0.4 is 9.47 Å². The van der Waals surface area contributed by atoms with Crippen molar-refractivity contribution in [2.24, 2.45) is 0 Å². The van der Waals surface area contributed by atoms with Crippen molar-refractivity contribution < 1.29 is 23.8 Å². The molecule has 1 heterocycles. The van der Waals surface area contributed by atoms with Gasteiger partial charge in [0.2, 0.25) is 5.78 Å². The molecule has 0 unspecified atom stereocenters. The largest absolute Gasteiger partial charge is 0.497 e. The Balaban J connectivity index is 2.03. The summed E-state index contributed by atoms with van der Waals surface area (Å²) in [6.45, 7) is 0.0643. The van der Waals surface area contributed by atoms with Crippen molar-refractivity contribution in [3.05, 3.63) is 63.6 Å². The van der Waals surface area contributed by atoms with E-state index in [1.807, 2.05) is 0 Å². The molecule has 0 fully saturated rings. The Morgan fingerprint density at radius 1 is 1.08 bits per heavy atom. The average molecular weight is 403 g/mol. The summed E-state index contributed by atoms with van der Waals surface area (Å²) < 4.78 is 16.1. The van der Waals surface area contributed by atoms with Gasteiger partial charge in [-0.15, -0.1) is 0 Å². The molecule has 0 aromatic heterocycles. The van der Waals surface area contributed by atoms with Gasteiger partial charge in [0.1, 0.15) is 23.7 Å². The number of cyclic esters (lactones) is 1. The van der Waals surface area contributed by atoms with Crippen LogP contribution in [0.25, 0.3) is 5.57 Å². The van der Waals surface area contributed by atoms with Crippen LogP contribution in [0, 0.1) is 0 Å². The summed E-state index contributed by atoms with van der Waals surface area (Å²) in [6, 6.07) is 12.0. The third-order valence-corrected chi connectivity index (χ3v) is 4.55. The molecular formula is C19H15BrO5. The first kappa shape index (κ1) is 17.2. The number of halogens is 1. The quantitative estimate of drug-likeness (QED) is 0.433. The third kappa shape index (κ3) is 3.30. The van der Waals surface area contributed by atoms with Crippen LogP contribution in [0.2, 0.25) is 0 Å². The molecule has 0 saturated carbocycles. The third-order valence-electron chi connectivity index (χ3n) is 3.93. The number of benzene rings is 2. The van der Waals surface area contributed by atoms with Crippen molar-refractivity contribution in [2.45, 2.75) is 0 Å². The monoisotopic (exact) mass is 402 g/mol. The van der Waals surface area contributed by atoms with E-state index in [-0.39, 0.29) is 18.0 Å². The molecule has 1 aliphatic heterocycles. The zero-order chi connectivity index (χ0) is 18.0. The number of carbonyl (C=O) groups excluding carboxylic acids is 2. The Morgan fingerprint density at radius 3 is 2.40 bits per heavy atom. The van der Waals surface area contributed by atoms with Crippen molar-refractivity contribution in [2.75, 3.05) is 20.8 Å². The molecule has 25 heavy (non-hydrogen) atoms. The molecule has 3 rings (SSSR count). The minimum atomic E-state index is -0.609. The van der Waals surface area contributed by atoms with Crippen LogP contribution in [-0.2, 0) is 9.53 Å². The summed E-state index contributed by atoms with van der Waals surface area (Å²) in [5.41, 5.74) is 1.76. The summed E-state index contributed by atoms with van der Waals surface area (Å²) in [4.78, 5) is 25.0. The predicted octanol–water partition coefficient (Wildman–Crippen LogP) is 3.66. The van der Waals surface area contributed by atoms with Gasteiger partial charge in [-0.3, -0.25) is 4.79 Å². The van der Waals surface area contributed by atoms with E-state index in [9.17, 15) is 9.59 Å². The lowest BCUT2D eigenvalue weighted by molar-refractivity contribution is -0.135. The number of hydrogen-bond donors (Lipinski definition) is 0. The maximum atomic E-state index is 12.8. The molecule has 0 spiro atoms. The van der Waals surface area contributed by atoms with E-state index in [4.69, 9.17) is 14.2 Å². The highest BCUT2D eigenvalue weighted by Crippen LogP contribution is 2.33. The average Bonchev–Trinajstić information content (AvgIpc) is 3.02. The summed E-state index contributed by atoms with van der Waals surface area (Å²) in [6.07, 6.45) is 0. The molecule has 0 atom stereocenters. The zero-order valence-corrected chi connectivity index (χ0v) is 15.3. The molecule has 0 radical (unpaired) electrons. The lowest BCUT2D eigenvalue weighted by Crippen LogP contribution is -2.11. The molecule has 2 aromatic rings. The molecule has 6 heteroatoms. The van der Waals surface area contributed by atoms with E-state index in [1.165, 1.54) is 0 Å². The second kappa shape index (κ2) is 7.11. The van der Waals surface area contributed by atoms with Gasteiger partial charge in [-0.25, -0.2) is 4.79 Å². The smallest absolute Gasteiger partial charge is 0.342 e. The molecule has 128 valence electrons. The normalized spacial score (nSPS) is 13.6. The lowest BCUT2D eigenvalue weighted by atomic mass is 9.96. The summed E-state index contributed by atoms with van der Waals surface area (Å²) >= 11 is 3.42. The minimum absolute atomic E-state index is 0.0576. The molecule has 0 amide bonds. The number of rotatable bonds is 5. The fourth-order valence-electron chi connectivity index (χ4n) is 2.60. The van der Waals surface area contributed by atoms with Crippen molar-refractivity contribution in [3.63, 3.8) is 0 Å². The number of esters is 1. The standard InChI is InChI=1S/C19H15BrO5/c1-23-13-6-3-11(4-7-13)18(21)17-14(10-25-19(17)22)12-5-8-16(24-2)15(20)9-12/h3-9H,10H2,1-2H3. The fourth-order valence-corrected chi connectivity index (χ4v) is 3.14. The van der Waals surface area contributed by atoms with Gasteiger partial charge in [0, 0.05) is 11.1 Å². The lowest BCUT2D eigenvalue weighted by Gasteiger charge is -2.08. The highest BCUT2D eigenvalue weighted by molar-refractivity contribution is 9.10. The van der Waals surface area contributed by atoms with Crippen LogP contribution in [0.5, 0.6) is 11.5 Å². The SMILES string of the molecule is COc1ccc(C(=O)C2=C(c3ccc(OC)c(Br)c3)COC2=O)cc1. The van der Waals surface area contributed by atoms with E-state index in [1.54, 1.807) is 56.7 Å².